The van der Waals surface area contributed by atoms with E-state index in [9.17, 15) is 0 Å². The van der Waals surface area contributed by atoms with Crippen molar-refractivity contribution in [2.24, 2.45) is 5.92 Å². The van der Waals surface area contributed by atoms with Gasteiger partial charge in [0.15, 0.2) is 5.65 Å². The van der Waals surface area contributed by atoms with Gasteiger partial charge in [0.05, 0.1) is 0 Å². The third-order valence-corrected chi connectivity index (χ3v) is 5.25. The quantitative estimate of drug-likeness (QED) is 0.807. The van der Waals surface area contributed by atoms with Crippen molar-refractivity contribution in [3.63, 3.8) is 0 Å². The van der Waals surface area contributed by atoms with E-state index in [1.165, 1.54) is 29.9 Å². The van der Waals surface area contributed by atoms with Gasteiger partial charge in [-0.1, -0.05) is 0 Å². The van der Waals surface area contributed by atoms with Crippen LogP contribution in [0.3, 0.4) is 0 Å². The highest BCUT2D eigenvalue weighted by Gasteiger charge is 2.19. The molecule has 0 spiro atoms. The number of hydrogen-bond donors (Lipinski definition) is 0. The number of alkyl halides is 1. The molecule has 108 valence electrons. The first-order valence-electron chi connectivity index (χ1n) is 7.24. The van der Waals surface area contributed by atoms with Gasteiger partial charge in [-0.2, -0.15) is 11.8 Å². The molecule has 1 saturated heterocycles. The van der Waals surface area contributed by atoms with Gasteiger partial charge in [-0.3, -0.25) is 0 Å². The first-order chi connectivity index (χ1) is 9.79. The Morgan fingerprint density at radius 1 is 1.40 bits per heavy atom. The summed E-state index contributed by atoms with van der Waals surface area (Å²) in [5.74, 6) is 5.03. The highest BCUT2D eigenvalue weighted by atomic mass is 35.5. The minimum atomic E-state index is 0.614. The summed E-state index contributed by atoms with van der Waals surface area (Å²) < 4.78 is 2.31. The average Bonchev–Trinajstić information content (AvgIpc) is 2.81. The largest absolute Gasteiger partial charge is 0.312 e. The number of aromatic nitrogens is 3. The van der Waals surface area contributed by atoms with Crippen LogP contribution in [0.1, 0.15) is 24.2 Å². The summed E-state index contributed by atoms with van der Waals surface area (Å²) >= 11 is 8.01. The van der Waals surface area contributed by atoms with Crippen LogP contribution in [0.15, 0.2) is 12.3 Å². The van der Waals surface area contributed by atoms with E-state index >= 15 is 0 Å². The molecule has 1 fully saturated rings. The summed E-state index contributed by atoms with van der Waals surface area (Å²) in [7, 11) is 0. The van der Waals surface area contributed by atoms with Gasteiger partial charge in [-0.25, -0.2) is 9.97 Å². The van der Waals surface area contributed by atoms with Crippen molar-refractivity contribution in [2.75, 3.05) is 17.4 Å². The van der Waals surface area contributed by atoms with Crippen LogP contribution < -0.4 is 0 Å². The summed E-state index contributed by atoms with van der Waals surface area (Å²) in [6.45, 7) is 3.14. The van der Waals surface area contributed by atoms with Crippen LogP contribution in [0.2, 0.25) is 0 Å². The number of pyridine rings is 1. The number of halogens is 1. The average molecular weight is 310 g/mol. The van der Waals surface area contributed by atoms with Gasteiger partial charge in [0.2, 0.25) is 0 Å². The van der Waals surface area contributed by atoms with Crippen molar-refractivity contribution < 1.29 is 0 Å². The Labute approximate surface area is 129 Å². The van der Waals surface area contributed by atoms with Gasteiger partial charge in [0.1, 0.15) is 11.3 Å². The third-order valence-electron chi connectivity index (χ3n) is 4.01. The van der Waals surface area contributed by atoms with Crippen molar-refractivity contribution in [1.82, 2.24) is 14.5 Å². The van der Waals surface area contributed by atoms with Crippen molar-refractivity contribution in [1.29, 1.82) is 0 Å². The van der Waals surface area contributed by atoms with Crippen LogP contribution in [-0.2, 0) is 13.0 Å². The molecule has 0 bridgehead atoms. The molecule has 0 N–H and O–H groups in total. The minimum Gasteiger partial charge on any atom is -0.312 e. The number of hydrogen-bond acceptors (Lipinski definition) is 3. The van der Waals surface area contributed by atoms with Crippen LogP contribution in [0, 0.1) is 12.8 Å². The Morgan fingerprint density at radius 3 is 2.95 bits per heavy atom. The molecule has 0 unspecified atom stereocenters. The molecule has 0 amide bonds. The van der Waals surface area contributed by atoms with Crippen LogP contribution in [0.5, 0.6) is 0 Å². The van der Waals surface area contributed by atoms with Crippen molar-refractivity contribution in [3.8, 4) is 0 Å². The predicted octanol–water partition coefficient (Wildman–Crippen LogP) is 3.66. The van der Waals surface area contributed by atoms with E-state index in [2.05, 4.69) is 28.2 Å². The first kappa shape index (κ1) is 14.2. The molecule has 2 aromatic heterocycles. The molecule has 20 heavy (non-hydrogen) atoms. The topological polar surface area (TPSA) is 30.7 Å². The minimum absolute atomic E-state index is 0.614. The molecule has 0 aliphatic carbocycles. The summed E-state index contributed by atoms with van der Waals surface area (Å²) in [6.07, 6.45) is 5.31. The lowest BCUT2D eigenvalue weighted by atomic mass is 10.0. The van der Waals surface area contributed by atoms with E-state index in [0.29, 0.717) is 5.88 Å². The zero-order valence-electron chi connectivity index (χ0n) is 11.8. The molecule has 1 aliphatic heterocycles. The fourth-order valence-corrected chi connectivity index (χ4v) is 4.21. The van der Waals surface area contributed by atoms with Crippen molar-refractivity contribution >= 4 is 34.5 Å². The third kappa shape index (κ3) is 2.82. The lowest BCUT2D eigenvalue weighted by molar-refractivity contribution is 0.414. The van der Waals surface area contributed by atoms with E-state index in [0.717, 1.165) is 35.9 Å². The Bertz CT molecular complexity index is 590. The van der Waals surface area contributed by atoms with E-state index in [1.54, 1.807) is 0 Å². The summed E-state index contributed by atoms with van der Waals surface area (Å²) in [5, 5.41) is 0. The highest BCUT2D eigenvalue weighted by Crippen LogP contribution is 2.27. The van der Waals surface area contributed by atoms with E-state index in [1.807, 2.05) is 12.3 Å². The Kier molecular flexibility index (Phi) is 4.51. The van der Waals surface area contributed by atoms with Gasteiger partial charge >= 0.3 is 0 Å². The van der Waals surface area contributed by atoms with Gasteiger partial charge < -0.3 is 4.57 Å². The number of rotatable bonds is 4. The number of nitrogens with zero attached hydrogens (tertiary/aromatic N) is 3. The standard InChI is InChI=1S/C15H20ClN3S/c1-11-3-7-17-15-14(11)18-13(2-6-16)19(15)10-12-4-8-20-9-5-12/h3,7,12H,2,4-6,8-10H2,1H3. The second-order valence-electron chi connectivity index (χ2n) is 5.43. The Hall–Kier alpha value is -0.740. The molecule has 0 radical (unpaired) electrons. The van der Waals surface area contributed by atoms with Gasteiger partial charge in [0, 0.05) is 25.0 Å². The molecule has 3 heterocycles. The monoisotopic (exact) mass is 309 g/mol. The van der Waals surface area contributed by atoms with Gasteiger partial charge in [-0.15, -0.1) is 11.6 Å². The summed E-state index contributed by atoms with van der Waals surface area (Å²) in [4.78, 5) is 9.34. The summed E-state index contributed by atoms with van der Waals surface area (Å²) in [6, 6.07) is 2.03. The van der Waals surface area contributed by atoms with Gasteiger partial charge in [0.25, 0.3) is 0 Å². The second kappa shape index (κ2) is 6.35. The lowest BCUT2D eigenvalue weighted by Gasteiger charge is -2.22. The summed E-state index contributed by atoms with van der Waals surface area (Å²) in [5.41, 5.74) is 3.27. The molecule has 1 aliphatic rings. The maximum Gasteiger partial charge on any atom is 0.160 e. The lowest BCUT2D eigenvalue weighted by Crippen LogP contribution is -2.18. The van der Waals surface area contributed by atoms with Crippen LogP contribution in [0.4, 0.5) is 0 Å². The molecular formula is C15H20ClN3S. The molecule has 2 aromatic rings. The Balaban J connectivity index is 1.97. The van der Waals surface area contributed by atoms with Crippen LogP contribution in [-0.4, -0.2) is 31.9 Å². The van der Waals surface area contributed by atoms with E-state index < -0.39 is 0 Å². The maximum absolute atomic E-state index is 5.94. The fourth-order valence-electron chi connectivity index (χ4n) is 2.84. The van der Waals surface area contributed by atoms with E-state index in [4.69, 9.17) is 16.6 Å². The SMILES string of the molecule is Cc1ccnc2c1nc(CCCl)n2CC1CCSCC1. The number of aryl methyl sites for hydroxylation is 2. The molecule has 0 saturated carbocycles. The normalized spacial score (nSPS) is 16.9. The number of fused-ring (bicyclic) bond motifs is 1. The molecule has 3 rings (SSSR count). The zero-order chi connectivity index (χ0) is 13.9. The molecule has 0 atom stereocenters. The van der Waals surface area contributed by atoms with Gasteiger partial charge in [-0.05, 0) is 48.8 Å². The molecule has 3 nitrogen and oxygen atoms in total. The van der Waals surface area contributed by atoms with Crippen LogP contribution >= 0.6 is 23.4 Å². The predicted molar refractivity (Wildman–Crippen MR) is 86.7 cm³/mol. The molecule has 5 heteroatoms. The highest BCUT2D eigenvalue weighted by molar-refractivity contribution is 7.99. The second-order valence-corrected chi connectivity index (χ2v) is 7.04. The van der Waals surface area contributed by atoms with Crippen molar-refractivity contribution in [2.45, 2.75) is 32.7 Å². The first-order valence-corrected chi connectivity index (χ1v) is 8.93. The van der Waals surface area contributed by atoms with E-state index in [-0.39, 0.29) is 0 Å². The van der Waals surface area contributed by atoms with Crippen molar-refractivity contribution in [3.05, 3.63) is 23.7 Å². The maximum atomic E-state index is 5.94. The van der Waals surface area contributed by atoms with Crippen LogP contribution in [0.25, 0.3) is 11.2 Å². The zero-order valence-corrected chi connectivity index (χ0v) is 13.4. The fraction of sp³-hybridized carbons (Fsp3) is 0.600. The number of thioether (sulfide) groups is 1. The Morgan fingerprint density at radius 2 is 2.20 bits per heavy atom. The number of imidazole rings is 1. The molecule has 0 aromatic carbocycles. The smallest absolute Gasteiger partial charge is 0.160 e. The molecular weight excluding hydrogens is 290 g/mol.